The Morgan fingerprint density at radius 2 is 2.12 bits per heavy atom. The molecule has 0 heterocycles. The van der Waals surface area contributed by atoms with E-state index in [0.717, 1.165) is 0 Å². The van der Waals surface area contributed by atoms with Gasteiger partial charge in [-0.3, -0.25) is 9.59 Å². The topological polar surface area (TPSA) is 63.6 Å². The van der Waals surface area contributed by atoms with Crippen LogP contribution >= 0.6 is 0 Å². The lowest BCUT2D eigenvalue weighted by atomic mass is 10.1. The lowest BCUT2D eigenvalue weighted by molar-refractivity contribution is -0.115. The van der Waals surface area contributed by atoms with Gasteiger partial charge in [-0.15, -0.1) is 0 Å². The number of phenolic OH excluding ortho intramolecular Hbond substituents is 1. The number of benzene rings is 1. The van der Waals surface area contributed by atoms with E-state index in [1.54, 1.807) is 12.1 Å². The fourth-order valence-electron chi connectivity index (χ4n) is 1.18. The van der Waals surface area contributed by atoms with Gasteiger partial charge in [-0.05, 0) is 30.7 Å². The monoisotopic (exact) mass is 220 g/mol. The van der Waals surface area contributed by atoms with Crippen molar-refractivity contribution >= 4 is 18.1 Å². The Kier molecular flexibility index (Phi) is 3.83. The molecule has 1 aromatic rings. The fraction of sp³-hybridized carbons (Fsp3) is 0.167. The van der Waals surface area contributed by atoms with Crippen molar-refractivity contribution in [3.05, 3.63) is 29.3 Å². The lowest BCUT2D eigenvalue weighted by Crippen LogP contribution is -1.97. The first-order chi connectivity index (χ1) is 7.58. The highest BCUT2D eigenvalue weighted by Gasteiger charge is 2.04. The molecule has 0 aliphatic carbocycles. The van der Waals surface area contributed by atoms with Gasteiger partial charge in [0.15, 0.2) is 23.6 Å². The number of carbonyl (C=O) groups excluding carboxylic acids is 2. The molecule has 0 amide bonds. The first-order valence-corrected chi connectivity index (χ1v) is 4.63. The van der Waals surface area contributed by atoms with Crippen molar-refractivity contribution in [2.24, 2.45) is 0 Å². The summed E-state index contributed by atoms with van der Waals surface area (Å²) in [5.74, 6) is -0.000258. The van der Waals surface area contributed by atoms with Crippen LogP contribution in [0.3, 0.4) is 0 Å². The van der Waals surface area contributed by atoms with E-state index in [1.165, 1.54) is 26.2 Å². The van der Waals surface area contributed by atoms with E-state index in [2.05, 4.69) is 0 Å². The van der Waals surface area contributed by atoms with Crippen LogP contribution in [-0.2, 0) is 9.59 Å². The maximum atomic E-state index is 11.0. The molecule has 1 N–H and O–H groups in total. The zero-order chi connectivity index (χ0) is 12.1. The van der Waals surface area contributed by atoms with Crippen molar-refractivity contribution in [3.8, 4) is 11.5 Å². The Labute approximate surface area is 93.2 Å². The van der Waals surface area contributed by atoms with E-state index in [9.17, 15) is 14.7 Å². The molecular weight excluding hydrogens is 208 g/mol. The van der Waals surface area contributed by atoms with E-state index in [1.807, 2.05) is 0 Å². The van der Waals surface area contributed by atoms with Gasteiger partial charge >= 0.3 is 0 Å². The summed E-state index contributed by atoms with van der Waals surface area (Å²) in [6.07, 6.45) is 1.94. The molecule has 4 nitrogen and oxygen atoms in total. The minimum atomic E-state index is -0.304. The molecule has 0 radical (unpaired) electrons. The zero-order valence-corrected chi connectivity index (χ0v) is 9.06. The van der Waals surface area contributed by atoms with Crippen molar-refractivity contribution in [3.63, 3.8) is 0 Å². The number of Topliss-reactive ketones (excluding diaryl/α,β-unsaturated/α-hetero) is 1. The van der Waals surface area contributed by atoms with Gasteiger partial charge in [0.2, 0.25) is 0 Å². The van der Waals surface area contributed by atoms with Crippen LogP contribution in [0.2, 0.25) is 0 Å². The Morgan fingerprint density at radius 1 is 1.44 bits per heavy atom. The van der Waals surface area contributed by atoms with Gasteiger partial charge in [0.1, 0.15) is 0 Å². The van der Waals surface area contributed by atoms with Crippen molar-refractivity contribution in [1.82, 2.24) is 0 Å². The molecule has 4 heteroatoms. The van der Waals surface area contributed by atoms with Crippen LogP contribution in [0, 0.1) is 0 Å². The fourth-order valence-corrected chi connectivity index (χ4v) is 1.18. The first-order valence-electron chi connectivity index (χ1n) is 4.63. The van der Waals surface area contributed by atoms with Crippen LogP contribution in [0.4, 0.5) is 0 Å². The molecule has 0 saturated heterocycles. The second kappa shape index (κ2) is 5.11. The minimum absolute atomic E-state index is 0.00938. The summed E-state index contributed by atoms with van der Waals surface area (Å²) in [6.45, 7) is 1.32. The highest BCUT2D eigenvalue weighted by molar-refractivity contribution is 6.14. The average Bonchev–Trinajstić information content (AvgIpc) is 2.27. The Hall–Kier alpha value is -2.10. The van der Waals surface area contributed by atoms with Crippen LogP contribution in [0.25, 0.3) is 6.08 Å². The second-order valence-electron chi connectivity index (χ2n) is 3.21. The lowest BCUT2D eigenvalue weighted by Gasteiger charge is -2.04. The van der Waals surface area contributed by atoms with E-state index in [0.29, 0.717) is 17.6 Å². The number of rotatable bonds is 4. The molecule has 0 saturated carbocycles. The predicted octanol–water partition coefficient (Wildman–Crippen LogP) is 1.57. The Morgan fingerprint density at radius 3 is 2.62 bits per heavy atom. The molecule has 1 rings (SSSR count). The van der Waals surface area contributed by atoms with E-state index in [-0.39, 0.29) is 17.1 Å². The van der Waals surface area contributed by atoms with Gasteiger partial charge in [-0.1, -0.05) is 6.07 Å². The molecule has 1 aromatic carbocycles. The molecule has 0 aliphatic rings. The van der Waals surface area contributed by atoms with Crippen molar-refractivity contribution < 1.29 is 19.4 Å². The number of hydrogen-bond acceptors (Lipinski definition) is 4. The highest BCUT2D eigenvalue weighted by Crippen LogP contribution is 2.27. The average molecular weight is 220 g/mol. The van der Waals surface area contributed by atoms with Gasteiger partial charge in [-0.25, -0.2) is 0 Å². The van der Waals surface area contributed by atoms with E-state index >= 15 is 0 Å². The van der Waals surface area contributed by atoms with Gasteiger partial charge in [-0.2, -0.15) is 0 Å². The van der Waals surface area contributed by atoms with Gasteiger partial charge < -0.3 is 9.84 Å². The molecule has 0 fully saturated rings. The van der Waals surface area contributed by atoms with Crippen molar-refractivity contribution in [2.75, 3.05) is 7.11 Å². The molecule has 0 aromatic heterocycles. The number of allylic oxidation sites excluding steroid dienone is 1. The summed E-state index contributed by atoms with van der Waals surface area (Å²) in [7, 11) is 1.42. The maximum absolute atomic E-state index is 11.0. The van der Waals surface area contributed by atoms with Crippen LogP contribution in [0.5, 0.6) is 11.5 Å². The smallest absolute Gasteiger partial charge is 0.163 e. The Balaban J connectivity index is 3.14. The summed E-state index contributed by atoms with van der Waals surface area (Å²) in [5.41, 5.74) is 0.694. The molecule has 0 bridgehead atoms. The number of phenols is 1. The third kappa shape index (κ3) is 2.70. The summed E-state index contributed by atoms with van der Waals surface area (Å²) < 4.78 is 4.91. The highest BCUT2D eigenvalue weighted by atomic mass is 16.5. The third-order valence-corrected chi connectivity index (χ3v) is 2.06. The SMILES string of the molecule is COc1cc(C=C(C=O)C(C)=O)ccc1O. The van der Waals surface area contributed by atoms with Crippen LogP contribution in [0.15, 0.2) is 23.8 Å². The summed E-state index contributed by atoms with van der Waals surface area (Å²) in [6, 6.07) is 4.57. The second-order valence-corrected chi connectivity index (χ2v) is 3.21. The third-order valence-electron chi connectivity index (χ3n) is 2.06. The maximum Gasteiger partial charge on any atom is 0.163 e. The molecule has 0 atom stereocenters. The normalized spacial score (nSPS) is 11.0. The molecule has 16 heavy (non-hydrogen) atoms. The number of carbonyl (C=O) groups is 2. The first kappa shape index (κ1) is 12.0. The standard InChI is InChI=1S/C12H12O4/c1-8(14)10(7-13)5-9-3-4-11(15)12(6-9)16-2/h3-7,15H,1-2H3. The van der Waals surface area contributed by atoms with Gasteiger partial charge in [0.25, 0.3) is 0 Å². The molecule has 84 valence electrons. The quantitative estimate of drug-likeness (QED) is 0.362. The number of ether oxygens (including phenoxy) is 1. The van der Waals surface area contributed by atoms with E-state index < -0.39 is 0 Å². The predicted molar refractivity (Wildman–Crippen MR) is 59.4 cm³/mol. The number of hydrogen-bond donors (Lipinski definition) is 1. The number of aldehydes is 1. The van der Waals surface area contributed by atoms with Gasteiger partial charge in [0.05, 0.1) is 12.7 Å². The van der Waals surface area contributed by atoms with Crippen LogP contribution in [-0.4, -0.2) is 24.3 Å². The van der Waals surface area contributed by atoms with Crippen molar-refractivity contribution in [2.45, 2.75) is 6.92 Å². The Bertz CT molecular complexity index is 446. The van der Waals surface area contributed by atoms with Crippen molar-refractivity contribution in [1.29, 1.82) is 0 Å². The molecular formula is C12H12O4. The number of methoxy groups -OCH3 is 1. The summed E-state index contributed by atoms with van der Waals surface area (Å²) in [5, 5.41) is 9.35. The minimum Gasteiger partial charge on any atom is -0.504 e. The molecule has 0 unspecified atom stereocenters. The van der Waals surface area contributed by atoms with Crippen LogP contribution in [0.1, 0.15) is 12.5 Å². The largest absolute Gasteiger partial charge is 0.504 e. The van der Waals surface area contributed by atoms with Crippen LogP contribution < -0.4 is 4.74 Å². The molecule has 0 aliphatic heterocycles. The molecule has 0 spiro atoms. The van der Waals surface area contributed by atoms with E-state index in [4.69, 9.17) is 4.74 Å². The summed E-state index contributed by atoms with van der Waals surface area (Å²) in [4.78, 5) is 21.6. The summed E-state index contributed by atoms with van der Waals surface area (Å²) >= 11 is 0. The van der Waals surface area contributed by atoms with Gasteiger partial charge in [0, 0.05) is 0 Å². The number of ketones is 1. The zero-order valence-electron chi connectivity index (χ0n) is 9.06. The number of aromatic hydroxyl groups is 1.